The monoisotopic (exact) mass is 246 g/mol. The Labute approximate surface area is 87.4 Å². The number of halogens is 6. The SMILES string of the molecule is Fc1cccc(C(F)(F)F)c1C(Cl)Cl. The van der Waals surface area contributed by atoms with Crippen LogP contribution in [-0.4, -0.2) is 0 Å². The maximum atomic E-state index is 13.0. The summed E-state index contributed by atoms with van der Waals surface area (Å²) in [6.45, 7) is 0. The highest BCUT2D eigenvalue weighted by Gasteiger charge is 2.35. The zero-order valence-corrected chi connectivity index (χ0v) is 8.09. The van der Waals surface area contributed by atoms with E-state index in [9.17, 15) is 17.6 Å². The average molecular weight is 247 g/mol. The van der Waals surface area contributed by atoms with Crippen molar-refractivity contribution in [2.75, 3.05) is 0 Å². The Morgan fingerprint density at radius 2 is 1.71 bits per heavy atom. The number of benzene rings is 1. The van der Waals surface area contributed by atoms with Gasteiger partial charge in [-0.15, -0.1) is 0 Å². The van der Waals surface area contributed by atoms with Gasteiger partial charge in [0.05, 0.1) is 5.56 Å². The van der Waals surface area contributed by atoms with Gasteiger partial charge in [0.15, 0.2) is 0 Å². The van der Waals surface area contributed by atoms with Crippen molar-refractivity contribution in [2.24, 2.45) is 0 Å². The van der Waals surface area contributed by atoms with Crippen LogP contribution in [-0.2, 0) is 6.18 Å². The summed E-state index contributed by atoms with van der Waals surface area (Å²) in [4.78, 5) is -1.53. The molecule has 0 saturated heterocycles. The normalized spacial score (nSPS) is 12.2. The fraction of sp³-hybridized carbons (Fsp3) is 0.250. The van der Waals surface area contributed by atoms with Crippen LogP contribution in [0.5, 0.6) is 0 Å². The molecule has 0 amide bonds. The molecule has 0 N–H and O–H groups in total. The zero-order valence-electron chi connectivity index (χ0n) is 6.58. The van der Waals surface area contributed by atoms with Gasteiger partial charge in [-0.2, -0.15) is 13.2 Å². The van der Waals surface area contributed by atoms with Gasteiger partial charge in [-0.05, 0) is 12.1 Å². The van der Waals surface area contributed by atoms with E-state index in [2.05, 4.69) is 0 Å². The Bertz CT molecular complexity index is 333. The second-order valence-corrected chi connectivity index (χ2v) is 3.60. The Hall–Kier alpha value is -0.480. The second kappa shape index (κ2) is 3.95. The summed E-state index contributed by atoms with van der Waals surface area (Å²) in [5.41, 5.74) is -1.88. The van der Waals surface area contributed by atoms with Crippen LogP contribution in [0.15, 0.2) is 18.2 Å². The maximum absolute atomic E-state index is 13.0. The lowest BCUT2D eigenvalue weighted by Crippen LogP contribution is -2.10. The van der Waals surface area contributed by atoms with E-state index in [0.717, 1.165) is 18.2 Å². The van der Waals surface area contributed by atoms with E-state index in [-0.39, 0.29) is 0 Å². The van der Waals surface area contributed by atoms with Crippen LogP contribution in [0, 0.1) is 5.82 Å². The lowest BCUT2D eigenvalue weighted by atomic mass is 10.1. The zero-order chi connectivity index (χ0) is 10.9. The van der Waals surface area contributed by atoms with Crippen LogP contribution in [0.2, 0.25) is 0 Å². The summed E-state index contributed by atoms with van der Waals surface area (Å²) in [5, 5.41) is 0. The molecule has 0 spiro atoms. The highest BCUT2D eigenvalue weighted by atomic mass is 35.5. The molecule has 0 radical (unpaired) electrons. The minimum atomic E-state index is -4.65. The Kier molecular flexibility index (Phi) is 3.27. The van der Waals surface area contributed by atoms with E-state index >= 15 is 0 Å². The highest BCUT2D eigenvalue weighted by Crippen LogP contribution is 2.39. The summed E-state index contributed by atoms with van der Waals surface area (Å²) < 4.78 is 49.9. The fourth-order valence-electron chi connectivity index (χ4n) is 1.01. The Morgan fingerprint density at radius 1 is 1.14 bits per heavy atom. The topological polar surface area (TPSA) is 0 Å². The molecule has 0 unspecified atom stereocenters. The quantitative estimate of drug-likeness (QED) is 0.512. The standard InChI is InChI=1S/C8H4Cl2F4/c9-7(10)6-4(8(12,13)14)2-1-3-5(6)11/h1-3,7H. The van der Waals surface area contributed by atoms with Gasteiger partial charge in [-0.3, -0.25) is 0 Å². The fourth-order valence-corrected chi connectivity index (χ4v) is 1.45. The highest BCUT2D eigenvalue weighted by molar-refractivity contribution is 6.44. The molecule has 6 heteroatoms. The van der Waals surface area contributed by atoms with Gasteiger partial charge in [0.2, 0.25) is 0 Å². The predicted octanol–water partition coefficient (Wildman–Crippen LogP) is 4.32. The molecule has 78 valence electrons. The largest absolute Gasteiger partial charge is 0.416 e. The van der Waals surface area contributed by atoms with Crippen molar-refractivity contribution >= 4 is 23.2 Å². The van der Waals surface area contributed by atoms with Crippen LogP contribution in [0.3, 0.4) is 0 Å². The lowest BCUT2D eigenvalue weighted by molar-refractivity contribution is -0.138. The van der Waals surface area contributed by atoms with E-state index in [4.69, 9.17) is 23.2 Å². The molecule has 0 atom stereocenters. The molecule has 0 aliphatic heterocycles. The van der Waals surface area contributed by atoms with Crippen LogP contribution in [0.4, 0.5) is 17.6 Å². The summed E-state index contributed by atoms with van der Waals surface area (Å²) in [6, 6.07) is 2.57. The van der Waals surface area contributed by atoms with Crippen LogP contribution in [0.1, 0.15) is 16.0 Å². The molecule has 0 aromatic heterocycles. The maximum Gasteiger partial charge on any atom is 0.416 e. The summed E-state index contributed by atoms with van der Waals surface area (Å²) in [6.07, 6.45) is -4.65. The average Bonchev–Trinajstić information content (AvgIpc) is 2.01. The van der Waals surface area contributed by atoms with Gasteiger partial charge in [0, 0.05) is 5.56 Å². The molecule has 0 aliphatic carbocycles. The molecule has 1 aromatic carbocycles. The van der Waals surface area contributed by atoms with Crippen LogP contribution in [0.25, 0.3) is 0 Å². The minimum Gasteiger partial charge on any atom is -0.207 e. The van der Waals surface area contributed by atoms with E-state index in [1.54, 1.807) is 0 Å². The third kappa shape index (κ3) is 2.30. The number of hydrogen-bond donors (Lipinski definition) is 0. The van der Waals surface area contributed by atoms with Gasteiger partial charge in [0.1, 0.15) is 10.7 Å². The van der Waals surface area contributed by atoms with Gasteiger partial charge in [-0.25, -0.2) is 4.39 Å². The van der Waals surface area contributed by atoms with E-state index in [0.29, 0.717) is 0 Å². The molecule has 14 heavy (non-hydrogen) atoms. The van der Waals surface area contributed by atoms with Crippen molar-refractivity contribution in [3.63, 3.8) is 0 Å². The predicted molar refractivity (Wildman–Crippen MR) is 45.8 cm³/mol. The Morgan fingerprint density at radius 3 is 2.07 bits per heavy atom. The molecule has 1 rings (SSSR count). The summed E-state index contributed by atoms with van der Waals surface area (Å²) in [7, 11) is 0. The van der Waals surface area contributed by atoms with Crippen molar-refractivity contribution in [3.05, 3.63) is 35.1 Å². The van der Waals surface area contributed by atoms with E-state index in [1.165, 1.54) is 0 Å². The van der Waals surface area contributed by atoms with E-state index < -0.39 is 28.0 Å². The van der Waals surface area contributed by atoms with Crippen molar-refractivity contribution in [1.82, 2.24) is 0 Å². The van der Waals surface area contributed by atoms with Crippen LogP contribution >= 0.6 is 23.2 Å². The molecule has 0 saturated carbocycles. The Balaban J connectivity index is 3.36. The first kappa shape index (κ1) is 11.6. The third-order valence-corrected chi connectivity index (χ3v) is 2.01. The number of rotatable bonds is 1. The lowest BCUT2D eigenvalue weighted by Gasteiger charge is -2.13. The first-order valence-electron chi connectivity index (χ1n) is 3.48. The molecule has 0 fully saturated rings. The van der Waals surface area contributed by atoms with Gasteiger partial charge in [-0.1, -0.05) is 29.3 Å². The van der Waals surface area contributed by atoms with Gasteiger partial charge >= 0.3 is 6.18 Å². The first-order chi connectivity index (χ1) is 6.34. The summed E-state index contributed by atoms with van der Waals surface area (Å²) >= 11 is 10.5. The smallest absolute Gasteiger partial charge is 0.207 e. The third-order valence-electron chi connectivity index (χ3n) is 1.58. The van der Waals surface area contributed by atoms with Gasteiger partial charge in [0.25, 0.3) is 0 Å². The van der Waals surface area contributed by atoms with Crippen molar-refractivity contribution in [1.29, 1.82) is 0 Å². The molecule has 0 aliphatic rings. The summed E-state index contributed by atoms with van der Waals surface area (Å²) in [5.74, 6) is -1.06. The molecular weight excluding hydrogens is 243 g/mol. The minimum absolute atomic E-state index is 0.732. The van der Waals surface area contributed by atoms with Crippen molar-refractivity contribution < 1.29 is 17.6 Å². The molecule has 0 nitrogen and oxygen atoms in total. The van der Waals surface area contributed by atoms with Gasteiger partial charge < -0.3 is 0 Å². The molecule has 0 heterocycles. The number of hydrogen-bond acceptors (Lipinski definition) is 0. The van der Waals surface area contributed by atoms with E-state index in [1.807, 2.05) is 0 Å². The molecular formula is C8H4Cl2F4. The molecule has 1 aromatic rings. The second-order valence-electron chi connectivity index (χ2n) is 2.50. The van der Waals surface area contributed by atoms with Crippen molar-refractivity contribution in [3.8, 4) is 0 Å². The number of alkyl halides is 5. The van der Waals surface area contributed by atoms with Crippen molar-refractivity contribution in [2.45, 2.75) is 11.0 Å². The molecule has 0 bridgehead atoms. The first-order valence-corrected chi connectivity index (χ1v) is 4.35. The van der Waals surface area contributed by atoms with Crippen LogP contribution < -0.4 is 0 Å².